The number of fused-ring (bicyclic) bond motifs is 1. The van der Waals surface area contributed by atoms with E-state index in [1.54, 1.807) is 0 Å². The van der Waals surface area contributed by atoms with Crippen LogP contribution in [0.25, 0.3) is 4.91 Å². The van der Waals surface area contributed by atoms with Gasteiger partial charge in [-0.05, 0) is 13.0 Å². The van der Waals surface area contributed by atoms with Crippen LogP contribution in [0.15, 0.2) is 30.0 Å². The summed E-state index contributed by atoms with van der Waals surface area (Å²) >= 11 is 4.35. The van der Waals surface area contributed by atoms with Crippen molar-refractivity contribution >= 4 is 23.2 Å². The molecule has 1 aromatic rings. The summed E-state index contributed by atoms with van der Waals surface area (Å²) in [5, 5.41) is 4.34. The van der Waals surface area contributed by atoms with Gasteiger partial charge in [-0.3, -0.25) is 5.32 Å². The molecule has 0 N–H and O–H groups in total. The van der Waals surface area contributed by atoms with Gasteiger partial charge in [-0.2, -0.15) is 0 Å². The maximum Gasteiger partial charge on any atom is 0.0717 e. The van der Waals surface area contributed by atoms with Crippen molar-refractivity contribution in [2.24, 2.45) is 0 Å². The van der Waals surface area contributed by atoms with Crippen molar-refractivity contribution in [3.63, 3.8) is 0 Å². The van der Waals surface area contributed by atoms with Crippen molar-refractivity contribution in [2.75, 3.05) is 0 Å². The Morgan fingerprint density at radius 3 is 2.73 bits per heavy atom. The third-order valence-electron chi connectivity index (χ3n) is 1.79. The smallest absolute Gasteiger partial charge is 0.0717 e. The Kier molecular flexibility index (Phi) is 1.43. The molecule has 1 radical (unpaired) electrons. The number of para-hydroxylation sites is 1. The molecule has 0 spiro atoms. The monoisotopic (exact) mass is 162 g/mol. The van der Waals surface area contributed by atoms with Crippen LogP contribution in [0.1, 0.15) is 12.5 Å². The van der Waals surface area contributed by atoms with Gasteiger partial charge in [0.25, 0.3) is 0 Å². The summed E-state index contributed by atoms with van der Waals surface area (Å²) in [4.78, 5) is 1.00. The average Bonchev–Trinajstić information content (AvgIpc) is 2.30. The van der Waals surface area contributed by atoms with E-state index in [-0.39, 0.29) is 0 Å². The normalized spacial score (nSPS) is 14.7. The number of benzene rings is 1. The maximum absolute atomic E-state index is 4.35. The molecule has 55 valence electrons. The second-order valence-corrected chi connectivity index (χ2v) is 3.01. The molecule has 0 amide bonds. The van der Waals surface area contributed by atoms with Crippen molar-refractivity contribution in [3.8, 4) is 0 Å². The first kappa shape index (κ1) is 6.80. The fourth-order valence-electron chi connectivity index (χ4n) is 1.20. The van der Waals surface area contributed by atoms with Gasteiger partial charge in [0.1, 0.15) is 0 Å². The molecule has 0 aromatic heterocycles. The number of allylic oxidation sites excluding steroid dienone is 1. The first-order chi connectivity index (χ1) is 5.29. The minimum Gasteiger partial charge on any atom is -0.252 e. The SMILES string of the molecule is CC1=C(S)c2ccccc2[N]1. The largest absolute Gasteiger partial charge is 0.252 e. The van der Waals surface area contributed by atoms with Crippen LogP contribution in [0.3, 0.4) is 0 Å². The predicted octanol–water partition coefficient (Wildman–Crippen LogP) is 2.55. The molecule has 0 bridgehead atoms. The van der Waals surface area contributed by atoms with E-state index in [1.807, 2.05) is 31.2 Å². The van der Waals surface area contributed by atoms with Gasteiger partial charge in [-0.25, -0.2) is 0 Å². The number of hydrogen-bond acceptors (Lipinski definition) is 1. The van der Waals surface area contributed by atoms with Crippen LogP contribution in [-0.4, -0.2) is 0 Å². The summed E-state index contributed by atoms with van der Waals surface area (Å²) < 4.78 is 0. The molecule has 0 aliphatic carbocycles. The van der Waals surface area contributed by atoms with E-state index in [2.05, 4.69) is 17.9 Å². The number of rotatable bonds is 0. The lowest BCUT2D eigenvalue weighted by molar-refractivity contribution is 1.09. The summed E-state index contributed by atoms with van der Waals surface area (Å²) in [6, 6.07) is 8.03. The van der Waals surface area contributed by atoms with Gasteiger partial charge in [0.15, 0.2) is 0 Å². The van der Waals surface area contributed by atoms with Gasteiger partial charge >= 0.3 is 0 Å². The highest BCUT2D eigenvalue weighted by molar-refractivity contribution is 7.90. The molecule has 1 aliphatic heterocycles. The fourth-order valence-corrected chi connectivity index (χ4v) is 1.44. The quantitative estimate of drug-likeness (QED) is 0.564. The zero-order chi connectivity index (χ0) is 7.84. The van der Waals surface area contributed by atoms with Crippen LogP contribution in [0, 0.1) is 0 Å². The molecular weight excluding hydrogens is 154 g/mol. The van der Waals surface area contributed by atoms with E-state index in [9.17, 15) is 0 Å². The molecule has 2 heteroatoms. The third kappa shape index (κ3) is 0.942. The van der Waals surface area contributed by atoms with Crippen molar-refractivity contribution in [1.29, 1.82) is 0 Å². The molecule has 0 atom stereocenters. The summed E-state index contributed by atoms with van der Waals surface area (Å²) in [5.74, 6) is 0. The molecule has 11 heavy (non-hydrogen) atoms. The summed E-state index contributed by atoms with van der Waals surface area (Å²) in [7, 11) is 0. The van der Waals surface area contributed by atoms with Gasteiger partial charge in [-0.15, -0.1) is 12.6 Å². The van der Waals surface area contributed by atoms with Gasteiger partial charge < -0.3 is 0 Å². The highest BCUT2D eigenvalue weighted by atomic mass is 32.1. The summed E-state index contributed by atoms with van der Waals surface area (Å²) in [5.41, 5.74) is 3.19. The molecular formula is C9H8NS. The van der Waals surface area contributed by atoms with Crippen molar-refractivity contribution in [1.82, 2.24) is 5.32 Å². The Labute approximate surface area is 71.5 Å². The maximum atomic E-state index is 4.35. The zero-order valence-corrected chi connectivity index (χ0v) is 7.10. The lowest BCUT2D eigenvalue weighted by Gasteiger charge is -1.95. The van der Waals surface area contributed by atoms with Crippen LogP contribution < -0.4 is 5.32 Å². The van der Waals surface area contributed by atoms with Gasteiger partial charge in [0.05, 0.1) is 11.4 Å². The van der Waals surface area contributed by atoms with Gasteiger partial charge in [-0.1, -0.05) is 18.2 Å². The first-order valence-electron chi connectivity index (χ1n) is 3.50. The van der Waals surface area contributed by atoms with Crippen LogP contribution in [0.4, 0.5) is 5.69 Å². The Morgan fingerprint density at radius 2 is 2.00 bits per heavy atom. The molecule has 0 unspecified atom stereocenters. The highest BCUT2D eigenvalue weighted by Gasteiger charge is 2.15. The van der Waals surface area contributed by atoms with E-state index in [0.717, 1.165) is 21.9 Å². The second-order valence-electron chi connectivity index (χ2n) is 2.56. The average molecular weight is 162 g/mol. The van der Waals surface area contributed by atoms with Crippen molar-refractivity contribution in [2.45, 2.75) is 6.92 Å². The van der Waals surface area contributed by atoms with E-state index >= 15 is 0 Å². The molecule has 0 saturated carbocycles. The Hall–Kier alpha value is -0.890. The van der Waals surface area contributed by atoms with Crippen LogP contribution in [-0.2, 0) is 0 Å². The molecule has 0 fully saturated rings. The minimum atomic E-state index is 1.00. The highest BCUT2D eigenvalue weighted by Crippen LogP contribution is 2.35. The van der Waals surface area contributed by atoms with E-state index in [4.69, 9.17) is 0 Å². The number of nitrogens with zero attached hydrogens (tertiary/aromatic N) is 1. The van der Waals surface area contributed by atoms with Crippen LogP contribution in [0.5, 0.6) is 0 Å². The van der Waals surface area contributed by atoms with Crippen molar-refractivity contribution in [3.05, 3.63) is 35.5 Å². The molecule has 0 saturated heterocycles. The number of thiol groups is 1. The minimum absolute atomic E-state index is 1.00. The van der Waals surface area contributed by atoms with Gasteiger partial charge in [0, 0.05) is 10.5 Å². The lowest BCUT2D eigenvalue weighted by Crippen LogP contribution is -1.85. The Bertz CT molecular complexity index is 328. The molecule has 1 heterocycles. The zero-order valence-electron chi connectivity index (χ0n) is 6.20. The summed E-state index contributed by atoms with van der Waals surface area (Å²) in [6.45, 7) is 1.97. The predicted molar refractivity (Wildman–Crippen MR) is 49.8 cm³/mol. The van der Waals surface area contributed by atoms with Gasteiger partial charge in [0.2, 0.25) is 0 Å². The lowest BCUT2D eigenvalue weighted by atomic mass is 10.2. The molecule has 1 aromatic carbocycles. The second kappa shape index (κ2) is 2.31. The standard InChI is InChI=1S/C9H8NS/c1-6-9(11)7-4-2-3-5-8(7)10-6/h2-5,11H,1H3. The molecule has 2 rings (SSSR count). The Morgan fingerprint density at radius 1 is 1.27 bits per heavy atom. The molecule has 1 aliphatic rings. The van der Waals surface area contributed by atoms with Crippen LogP contribution >= 0.6 is 12.6 Å². The van der Waals surface area contributed by atoms with Crippen molar-refractivity contribution < 1.29 is 0 Å². The van der Waals surface area contributed by atoms with E-state index in [1.165, 1.54) is 0 Å². The van der Waals surface area contributed by atoms with E-state index < -0.39 is 0 Å². The Balaban J connectivity index is 2.60. The summed E-state index contributed by atoms with van der Waals surface area (Å²) in [6.07, 6.45) is 0. The third-order valence-corrected chi connectivity index (χ3v) is 2.35. The van der Waals surface area contributed by atoms with Crippen LogP contribution in [0.2, 0.25) is 0 Å². The number of hydrogen-bond donors (Lipinski definition) is 1. The topological polar surface area (TPSA) is 14.1 Å². The fraction of sp³-hybridized carbons (Fsp3) is 0.111. The first-order valence-corrected chi connectivity index (χ1v) is 3.95. The van der Waals surface area contributed by atoms with E-state index in [0.29, 0.717) is 0 Å². The molecule has 1 nitrogen and oxygen atoms in total.